The zero-order chi connectivity index (χ0) is 25.2. The van der Waals surface area contributed by atoms with Gasteiger partial charge in [0, 0.05) is 24.9 Å². The lowest BCUT2D eigenvalue weighted by molar-refractivity contribution is -0.611. The van der Waals surface area contributed by atoms with Crippen LogP contribution in [0, 0.1) is 25.0 Å². The molecular formula is C28H33N5O3. The molecule has 5 rings (SSSR count). The average molecular weight is 488 g/mol. The Bertz CT molecular complexity index is 1260. The quantitative estimate of drug-likeness (QED) is 0.380. The SMILES string of the molecule is Cc1cc[n+]([O-])c(C)c1-c1ccc(NC(=O)[C@@H](NC(=O)c2ccnn2C2CC2)C2CCCCC2)cc1. The molecule has 2 aliphatic carbocycles. The summed E-state index contributed by atoms with van der Waals surface area (Å²) in [5.41, 5.74) is 4.63. The van der Waals surface area contributed by atoms with E-state index in [1.165, 1.54) is 6.20 Å². The van der Waals surface area contributed by atoms with Crippen molar-refractivity contribution in [1.82, 2.24) is 15.1 Å². The fourth-order valence-corrected chi connectivity index (χ4v) is 5.33. The number of benzene rings is 1. The van der Waals surface area contributed by atoms with Gasteiger partial charge in [0.2, 0.25) is 5.91 Å². The summed E-state index contributed by atoms with van der Waals surface area (Å²) in [5, 5.41) is 22.4. The molecule has 2 fully saturated rings. The number of aromatic nitrogens is 3. The van der Waals surface area contributed by atoms with Gasteiger partial charge >= 0.3 is 0 Å². The molecule has 0 spiro atoms. The number of hydrogen-bond donors (Lipinski definition) is 2. The molecule has 2 aromatic heterocycles. The molecule has 1 atom stereocenters. The van der Waals surface area contributed by atoms with Gasteiger partial charge in [0.05, 0.1) is 11.6 Å². The maximum absolute atomic E-state index is 13.5. The van der Waals surface area contributed by atoms with Crippen LogP contribution in [0.3, 0.4) is 0 Å². The third-order valence-electron chi connectivity index (χ3n) is 7.47. The van der Waals surface area contributed by atoms with Crippen LogP contribution in [0.15, 0.2) is 48.8 Å². The number of rotatable bonds is 7. The lowest BCUT2D eigenvalue weighted by Crippen LogP contribution is -2.49. The molecule has 2 aliphatic rings. The van der Waals surface area contributed by atoms with E-state index >= 15 is 0 Å². The van der Waals surface area contributed by atoms with Gasteiger partial charge in [-0.2, -0.15) is 9.83 Å². The van der Waals surface area contributed by atoms with Gasteiger partial charge < -0.3 is 15.8 Å². The van der Waals surface area contributed by atoms with Crippen LogP contribution >= 0.6 is 0 Å². The smallest absolute Gasteiger partial charge is 0.270 e. The fourth-order valence-electron chi connectivity index (χ4n) is 5.33. The van der Waals surface area contributed by atoms with Crippen LogP contribution in [0.25, 0.3) is 11.1 Å². The minimum Gasteiger partial charge on any atom is -0.618 e. The summed E-state index contributed by atoms with van der Waals surface area (Å²) >= 11 is 0. The van der Waals surface area contributed by atoms with Gasteiger partial charge in [-0.05, 0) is 67.9 Å². The van der Waals surface area contributed by atoms with Gasteiger partial charge in [-0.3, -0.25) is 14.3 Å². The highest BCUT2D eigenvalue weighted by atomic mass is 16.5. The summed E-state index contributed by atoms with van der Waals surface area (Å²) in [6.07, 6.45) is 10.3. The molecular weight excluding hydrogens is 454 g/mol. The number of pyridine rings is 1. The van der Waals surface area contributed by atoms with Crippen LogP contribution in [0.1, 0.15) is 72.7 Å². The van der Waals surface area contributed by atoms with E-state index in [1.807, 2.05) is 31.2 Å². The van der Waals surface area contributed by atoms with Crippen molar-refractivity contribution in [1.29, 1.82) is 0 Å². The van der Waals surface area contributed by atoms with E-state index in [0.29, 0.717) is 17.1 Å². The molecule has 0 aliphatic heterocycles. The van der Waals surface area contributed by atoms with E-state index in [4.69, 9.17) is 0 Å². The molecule has 2 saturated carbocycles. The average Bonchev–Trinajstić information content (AvgIpc) is 3.62. The highest BCUT2D eigenvalue weighted by molar-refractivity contribution is 6.00. The maximum Gasteiger partial charge on any atom is 0.270 e. The normalized spacial score (nSPS) is 16.9. The summed E-state index contributed by atoms with van der Waals surface area (Å²) in [6, 6.07) is 10.7. The van der Waals surface area contributed by atoms with E-state index in [-0.39, 0.29) is 23.8 Å². The van der Waals surface area contributed by atoms with Crippen molar-refractivity contribution in [3.63, 3.8) is 0 Å². The van der Waals surface area contributed by atoms with Gasteiger partial charge in [-0.15, -0.1) is 0 Å². The molecule has 0 bridgehead atoms. The summed E-state index contributed by atoms with van der Waals surface area (Å²) in [6.45, 7) is 3.78. The second-order valence-electron chi connectivity index (χ2n) is 10.1. The zero-order valence-corrected chi connectivity index (χ0v) is 20.9. The van der Waals surface area contributed by atoms with Crippen molar-refractivity contribution < 1.29 is 14.3 Å². The Morgan fingerprint density at radius 3 is 2.44 bits per heavy atom. The van der Waals surface area contributed by atoms with Crippen LogP contribution in [-0.2, 0) is 4.79 Å². The molecule has 0 saturated heterocycles. The first-order valence-corrected chi connectivity index (χ1v) is 12.9. The van der Waals surface area contributed by atoms with Gasteiger partial charge in [0.15, 0.2) is 11.9 Å². The molecule has 0 radical (unpaired) electrons. The summed E-state index contributed by atoms with van der Waals surface area (Å²) in [7, 11) is 0. The Labute approximate surface area is 211 Å². The van der Waals surface area contributed by atoms with Gasteiger partial charge in [-0.1, -0.05) is 31.4 Å². The molecule has 2 heterocycles. The molecule has 2 amide bonds. The monoisotopic (exact) mass is 487 g/mol. The van der Waals surface area contributed by atoms with Crippen LogP contribution in [0.5, 0.6) is 0 Å². The Morgan fingerprint density at radius 1 is 1.03 bits per heavy atom. The predicted molar refractivity (Wildman–Crippen MR) is 137 cm³/mol. The topological polar surface area (TPSA) is 103 Å². The number of nitrogens with zero attached hydrogens (tertiary/aromatic N) is 3. The van der Waals surface area contributed by atoms with Crippen molar-refractivity contribution in [3.8, 4) is 11.1 Å². The Hall–Kier alpha value is -3.68. The molecule has 8 heteroatoms. The zero-order valence-electron chi connectivity index (χ0n) is 20.9. The lowest BCUT2D eigenvalue weighted by atomic mass is 9.83. The molecule has 1 aromatic carbocycles. The van der Waals surface area contributed by atoms with Gasteiger partial charge in [-0.25, -0.2) is 0 Å². The minimum atomic E-state index is -0.613. The van der Waals surface area contributed by atoms with Crippen LogP contribution in [0.4, 0.5) is 5.69 Å². The van der Waals surface area contributed by atoms with Crippen molar-refractivity contribution >= 4 is 17.5 Å². The van der Waals surface area contributed by atoms with Crippen molar-refractivity contribution in [3.05, 3.63) is 71.0 Å². The maximum atomic E-state index is 13.5. The first-order chi connectivity index (χ1) is 17.4. The molecule has 36 heavy (non-hydrogen) atoms. The number of carbonyl (C=O) groups excluding carboxylic acids is 2. The summed E-state index contributed by atoms with van der Waals surface area (Å²) in [4.78, 5) is 26.6. The molecule has 2 N–H and O–H groups in total. The van der Waals surface area contributed by atoms with E-state index in [2.05, 4.69) is 15.7 Å². The number of amides is 2. The van der Waals surface area contributed by atoms with Crippen molar-refractivity contribution in [2.24, 2.45) is 5.92 Å². The number of hydrogen-bond acceptors (Lipinski definition) is 4. The number of anilines is 1. The van der Waals surface area contributed by atoms with Crippen LogP contribution in [-0.4, -0.2) is 27.6 Å². The minimum absolute atomic E-state index is 0.0985. The van der Waals surface area contributed by atoms with E-state index < -0.39 is 6.04 Å². The lowest BCUT2D eigenvalue weighted by Gasteiger charge is -2.30. The fraction of sp³-hybridized carbons (Fsp3) is 0.429. The second kappa shape index (κ2) is 10.1. The van der Waals surface area contributed by atoms with Crippen LogP contribution < -0.4 is 15.4 Å². The number of nitrogens with one attached hydrogen (secondary N) is 2. The molecule has 8 nitrogen and oxygen atoms in total. The molecule has 0 unspecified atom stereocenters. The van der Waals surface area contributed by atoms with Gasteiger partial charge in [0.25, 0.3) is 5.91 Å². The van der Waals surface area contributed by atoms with E-state index in [9.17, 15) is 14.8 Å². The molecule has 3 aromatic rings. The first kappa shape index (κ1) is 24.0. The van der Waals surface area contributed by atoms with Crippen molar-refractivity contribution in [2.45, 2.75) is 70.9 Å². The van der Waals surface area contributed by atoms with E-state index in [1.54, 1.807) is 29.9 Å². The number of carbonyl (C=O) groups is 2. The predicted octanol–water partition coefficient (Wildman–Crippen LogP) is 4.45. The third-order valence-corrected chi connectivity index (χ3v) is 7.47. The standard InChI is InChI=1S/C28H33N5O3/c1-18-15-17-32(36)19(2)25(18)20-8-10-22(11-9-20)30-28(35)26(21-6-4-3-5-7-21)31-27(34)24-14-16-29-33(24)23-12-13-23/h8-11,14-17,21,23,26H,3-7,12-13H2,1-2H3,(H,30,35)(H,31,34)/t26-/m0/s1. The summed E-state index contributed by atoms with van der Waals surface area (Å²) < 4.78 is 2.65. The van der Waals surface area contributed by atoms with Gasteiger partial charge in [0.1, 0.15) is 11.7 Å². The third kappa shape index (κ3) is 4.98. The second-order valence-corrected chi connectivity index (χ2v) is 10.1. The van der Waals surface area contributed by atoms with E-state index in [0.717, 1.165) is 66.4 Å². The summed E-state index contributed by atoms with van der Waals surface area (Å²) in [5.74, 6) is -0.354. The Balaban J connectivity index is 1.33. The first-order valence-electron chi connectivity index (χ1n) is 12.9. The Kier molecular flexibility index (Phi) is 6.76. The molecule has 188 valence electrons. The Morgan fingerprint density at radius 2 is 1.75 bits per heavy atom. The largest absolute Gasteiger partial charge is 0.618 e. The van der Waals surface area contributed by atoms with Crippen LogP contribution in [0.2, 0.25) is 0 Å². The number of aryl methyl sites for hydroxylation is 1. The van der Waals surface area contributed by atoms with Crippen molar-refractivity contribution in [2.75, 3.05) is 5.32 Å². The highest BCUT2D eigenvalue weighted by Crippen LogP contribution is 2.35. The highest BCUT2D eigenvalue weighted by Gasteiger charge is 2.34.